The summed E-state index contributed by atoms with van der Waals surface area (Å²) in [7, 11) is 0. The van der Waals surface area contributed by atoms with E-state index >= 15 is 0 Å². The Morgan fingerprint density at radius 3 is 2.95 bits per heavy atom. The van der Waals surface area contributed by atoms with Crippen LogP contribution in [0.25, 0.3) is 11.0 Å². The van der Waals surface area contributed by atoms with Crippen LogP contribution in [-0.4, -0.2) is 28.1 Å². The third-order valence-electron chi connectivity index (χ3n) is 3.99. The van der Waals surface area contributed by atoms with Gasteiger partial charge in [0.05, 0.1) is 17.6 Å². The van der Waals surface area contributed by atoms with Crippen molar-refractivity contribution in [3.8, 4) is 0 Å². The van der Waals surface area contributed by atoms with Crippen LogP contribution >= 0.6 is 0 Å². The number of nitrogens with zero attached hydrogens (tertiary/aromatic N) is 2. The number of benzene rings is 1. The Morgan fingerprint density at radius 1 is 1.38 bits per heavy atom. The van der Waals surface area contributed by atoms with Gasteiger partial charge in [0.1, 0.15) is 0 Å². The molecule has 0 bridgehead atoms. The number of guanidine groups is 1. The number of aliphatic imine (C=N–C) groups is 1. The molecule has 0 aliphatic heterocycles. The molecule has 6 nitrogen and oxygen atoms in total. The van der Waals surface area contributed by atoms with Gasteiger partial charge in [-0.25, -0.2) is 4.79 Å². The predicted octanol–water partition coefficient (Wildman–Crippen LogP) is 1.18. The molecule has 1 aliphatic carbocycles. The summed E-state index contributed by atoms with van der Waals surface area (Å²) in [6.07, 6.45) is 4.85. The fourth-order valence-electron chi connectivity index (χ4n) is 2.92. The number of hydrogen-bond donors (Lipinski definition) is 3. The monoisotopic (exact) mass is 287 g/mol. The predicted molar refractivity (Wildman–Crippen MR) is 84.4 cm³/mol. The number of nitrogens with two attached hydrogens (primary N) is 1. The molecule has 2 aromatic rings. The van der Waals surface area contributed by atoms with Crippen molar-refractivity contribution in [2.45, 2.75) is 38.3 Å². The summed E-state index contributed by atoms with van der Waals surface area (Å²) in [4.78, 5) is 19.1. The van der Waals surface area contributed by atoms with E-state index in [2.05, 4.69) is 15.3 Å². The van der Waals surface area contributed by atoms with Crippen molar-refractivity contribution in [3.63, 3.8) is 0 Å². The number of fused-ring (bicyclic) bond motifs is 1. The van der Waals surface area contributed by atoms with Crippen LogP contribution < -0.4 is 16.7 Å². The molecular weight excluding hydrogens is 266 g/mol. The number of rotatable bonds is 4. The van der Waals surface area contributed by atoms with E-state index < -0.39 is 0 Å². The Balaban J connectivity index is 1.63. The lowest BCUT2D eigenvalue weighted by Gasteiger charge is -2.12. The molecule has 0 saturated heterocycles. The van der Waals surface area contributed by atoms with E-state index in [1.54, 1.807) is 4.57 Å². The van der Waals surface area contributed by atoms with Gasteiger partial charge in [-0.05, 0) is 25.0 Å². The number of aromatic amines is 1. The van der Waals surface area contributed by atoms with Gasteiger partial charge >= 0.3 is 5.69 Å². The van der Waals surface area contributed by atoms with Crippen molar-refractivity contribution in [1.29, 1.82) is 0 Å². The third kappa shape index (κ3) is 3.09. The highest BCUT2D eigenvalue weighted by molar-refractivity contribution is 5.78. The third-order valence-corrected chi connectivity index (χ3v) is 3.99. The van der Waals surface area contributed by atoms with E-state index in [0.717, 1.165) is 23.9 Å². The van der Waals surface area contributed by atoms with Crippen LogP contribution in [0.5, 0.6) is 0 Å². The van der Waals surface area contributed by atoms with Gasteiger partial charge in [-0.1, -0.05) is 25.0 Å². The zero-order chi connectivity index (χ0) is 14.7. The zero-order valence-corrected chi connectivity index (χ0v) is 12.0. The van der Waals surface area contributed by atoms with Gasteiger partial charge in [-0.2, -0.15) is 0 Å². The minimum absolute atomic E-state index is 0.103. The van der Waals surface area contributed by atoms with Gasteiger partial charge in [0, 0.05) is 12.6 Å². The molecule has 1 aromatic carbocycles. The van der Waals surface area contributed by atoms with Crippen molar-refractivity contribution in [3.05, 3.63) is 34.7 Å². The molecule has 0 spiro atoms. The Hall–Kier alpha value is -2.24. The van der Waals surface area contributed by atoms with Crippen LogP contribution in [0.1, 0.15) is 25.7 Å². The topological polar surface area (TPSA) is 88.2 Å². The fraction of sp³-hybridized carbons (Fsp3) is 0.467. The first-order valence-electron chi connectivity index (χ1n) is 7.48. The Bertz CT molecular complexity index is 693. The quantitative estimate of drug-likeness (QED) is 0.583. The molecule has 0 radical (unpaired) electrons. The van der Waals surface area contributed by atoms with Gasteiger partial charge in [0.25, 0.3) is 0 Å². The highest BCUT2D eigenvalue weighted by Crippen LogP contribution is 2.17. The molecule has 0 atom stereocenters. The summed E-state index contributed by atoms with van der Waals surface area (Å²) in [5.74, 6) is 0.481. The maximum Gasteiger partial charge on any atom is 0.326 e. The van der Waals surface area contributed by atoms with Crippen LogP contribution in [0, 0.1) is 0 Å². The maximum atomic E-state index is 11.9. The molecule has 0 unspecified atom stereocenters. The standard InChI is InChI=1S/C15H21N5O/c16-14(18-11-5-1-2-6-11)17-9-10-20-13-8-4-3-7-12(13)19-15(20)21/h3-4,7-8,11H,1-2,5-6,9-10H2,(H,19,21)(H3,16,17,18). The maximum absolute atomic E-state index is 11.9. The smallest absolute Gasteiger partial charge is 0.326 e. The first-order chi connectivity index (χ1) is 10.2. The molecule has 3 rings (SSSR count). The van der Waals surface area contributed by atoms with Crippen LogP contribution in [0.15, 0.2) is 34.1 Å². The minimum Gasteiger partial charge on any atom is -0.370 e. The summed E-state index contributed by atoms with van der Waals surface area (Å²) in [5, 5.41) is 3.24. The highest BCUT2D eigenvalue weighted by atomic mass is 16.1. The molecule has 1 aromatic heterocycles. The van der Waals surface area contributed by atoms with E-state index in [9.17, 15) is 4.79 Å². The van der Waals surface area contributed by atoms with E-state index in [4.69, 9.17) is 5.73 Å². The number of imidazole rings is 1. The van der Waals surface area contributed by atoms with E-state index in [0.29, 0.717) is 25.1 Å². The molecule has 1 fully saturated rings. The molecule has 6 heteroatoms. The van der Waals surface area contributed by atoms with Gasteiger partial charge in [-0.3, -0.25) is 9.56 Å². The van der Waals surface area contributed by atoms with Crippen LogP contribution in [-0.2, 0) is 6.54 Å². The van der Waals surface area contributed by atoms with Gasteiger partial charge in [0.2, 0.25) is 0 Å². The summed E-state index contributed by atoms with van der Waals surface area (Å²) in [6.45, 7) is 1.02. The Morgan fingerprint density at radius 2 is 2.14 bits per heavy atom. The average molecular weight is 287 g/mol. The second-order valence-corrected chi connectivity index (χ2v) is 5.49. The van der Waals surface area contributed by atoms with E-state index in [1.807, 2.05) is 24.3 Å². The van der Waals surface area contributed by atoms with Crippen LogP contribution in [0.3, 0.4) is 0 Å². The minimum atomic E-state index is -0.103. The largest absolute Gasteiger partial charge is 0.370 e. The van der Waals surface area contributed by atoms with Gasteiger partial charge in [-0.15, -0.1) is 0 Å². The molecule has 1 aliphatic rings. The van der Waals surface area contributed by atoms with E-state index in [1.165, 1.54) is 12.8 Å². The molecule has 4 N–H and O–H groups in total. The van der Waals surface area contributed by atoms with Crippen molar-refractivity contribution < 1.29 is 0 Å². The number of para-hydroxylation sites is 2. The highest BCUT2D eigenvalue weighted by Gasteiger charge is 2.14. The summed E-state index contributed by atoms with van der Waals surface area (Å²) in [6, 6.07) is 8.11. The normalized spacial score (nSPS) is 16.7. The molecule has 0 amide bonds. The molecule has 1 saturated carbocycles. The lowest BCUT2D eigenvalue weighted by atomic mass is 10.2. The second-order valence-electron chi connectivity index (χ2n) is 5.49. The summed E-state index contributed by atoms with van der Waals surface area (Å²) >= 11 is 0. The van der Waals surface area contributed by atoms with Crippen LogP contribution in [0.4, 0.5) is 0 Å². The van der Waals surface area contributed by atoms with Gasteiger partial charge < -0.3 is 16.0 Å². The van der Waals surface area contributed by atoms with Crippen molar-refractivity contribution >= 4 is 17.0 Å². The van der Waals surface area contributed by atoms with Gasteiger partial charge in [0.15, 0.2) is 5.96 Å². The number of aromatic nitrogens is 2. The average Bonchev–Trinajstić information content (AvgIpc) is 3.07. The number of H-pyrrole nitrogens is 1. The van der Waals surface area contributed by atoms with E-state index in [-0.39, 0.29) is 5.69 Å². The molecule has 112 valence electrons. The number of nitrogens with one attached hydrogen (secondary N) is 2. The SMILES string of the molecule is NC(=NCCn1c(=O)[nH]c2ccccc21)NC1CCCC1. The molecule has 1 heterocycles. The Kier molecular flexibility index (Phi) is 3.94. The zero-order valence-electron chi connectivity index (χ0n) is 12.0. The summed E-state index contributed by atoms with van der Waals surface area (Å²) < 4.78 is 1.70. The Labute approximate surface area is 123 Å². The van der Waals surface area contributed by atoms with Crippen molar-refractivity contribution in [2.75, 3.05) is 6.54 Å². The first-order valence-corrected chi connectivity index (χ1v) is 7.48. The fourth-order valence-corrected chi connectivity index (χ4v) is 2.92. The summed E-state index contributed by atoms with van der Waals surface area (Å²) in [5.41, 5.74) is 7.54. The lowest BCUT2D eigenvalue weighted by Crippen LogP contribution is -2.38. The second kappa shape index (κ2) is 6.03. The van der Waals surface area contributed by atoms with Crippen molar-refractivity contribution in [1.82, 2.24) is 14.9 Å². The van der Waals surface area contributed by atoms with Crippen LogP contribution in [0.2, 0.25) is 0 Å². The first kappa shape index (κ1) is 13.7. The molecule has 21 heavy (non-hydrogen) atoms. The molecular formula is C15H21N5O. The number of hydrogen-bond acceptors (Lipinski definition) is 2. The van der Waals surface area contributed by atoms with Crippen molar-refractivity contribution in [2.24, 2.45) is 10.7 Å². The lowest BCUT2D eigenvalue weighted by molar-refractivity contribution is 0.622.